The van der Waals surface area contributed by atoms with E-state index in [0.717, 1.165) is 19.4 Å². The predicted octanol–water partition coefficient (Wildman–Crippen LogP) is 0.552. The van der Waals surface area contributed by atoms with Gasteiger partial charge in [0.2, 0.25) is 0 Å². The summed E-state index contributed by atoms with van der Waals surface area (Å²) in [6, 6.07) is 0. The molecule has 0 aliphatic carbocycles. The van der Waals surface area contributed by atoms with Gasteiger partial charge in [0.15, 0.2) is 0 Å². The molecule has 0 saturated carbocycles. The molecule has 0 aliphatic rings. The Morgan fingerprint density at radius 1 is 1.36 bits per heavy atom. The molecule has 0 aromatic heterocycles. The first kappa shape index (κ1) is 12.9. The number of carboxylic acids is 2. The van der Waals surface area contributed by atoms with Gasteiger partial charge in [0, 0.05) is 6.54 Å². The standard InChI is InChI=1S/C9H17NO4/c1-2-3-4-10-6-7(9(13)14)5-8(11)12/h7,10H,2-6H2,1H3,(H,11,12)(H,13,14). The first-order valence-electron chi connectivity index (χ1n) is 4.73. The maximum atomic E-state index is 10.6. The van der Waals surface area contributed by atoms with Crippen LogP contribution in [0.15, 0.2) is 0 Å². The summed E-state index contributed by atoms with van der Waals surface area (Å²) >= 11 is 0. The van der Waals surface area contributed by atoms with E-state index in [4.69, 9.17) is 10.2 Å². The average Bonchev–Trinajstić information content (AvgIpc) is 2.09. The van der Waals surface area contributed by atoms with Crippen molar-refractivity contribution in [1.29, 1.82) is 0 Å². The fraction of sp³-hybridized carbons (Fsp3) is 0.778. The van der Waals surface area contributed by atoms with Crippen molar-refractivity contribution >= 4 is 11.9 Å². The Balaban J connectivity index is 3.74. The van der Waals surface area contributed by atoms with Crippen molar-refractivity contribution in [3.8, 4) is 0 Å². The van der Waals surface area contributed by atoms with Gasteiger partial charge in [-0.05, 0) is 13.0 Å². The van der Waals surface area contributed by atoms with Gasteiger partial charge in [0.25, 0.3) is 0 Å². The summed E-state index contributed by atoms with van der Waals surface area (Å²) in [7, 11) is 0. The molecule has 1 unspecified atom stereocenters. The molecule has 0 saturated heterocycles. The van der Waals surface area contributed by atoms with Crippen LogP contribution in [0.1, 0.15) is 26.2 Å². The van der Waals surface area contributed by atoms with Crippen molar-refractivity contribution in [1.82, 2.24) is 5.32 Å². The fourth-order valence-electron chi connectivity index (χ4n) is 1.04. The number of carbonyl (C=O) groups is 2. The van der Waals surface area contributed by atoms with Crippen LogP contribution in [0.3, 0.4) is 0 Å². The molecule has 3 N–H and O–H groups in total. The third kappa shape index (κ3) is 6.42. The normalized spacial score (nSPS) is 12.4. The van der Waals surface area contributed by atoms with E-state index in [1.165, 1.54) is 0 Å². The van der Waals surface area contributed by atoms with Gasteiger partial charge in [-0.1, -0.05) is 13.3 Å². The lowest BCUT2D eigenvalue weighted by atomic mass is 10.1. The minimum absolute atomic E-state index is 0.224. The third-order valence-electron chi connectivity index (χ3n) is 1.87. The zero-order chi connectivity index (χ0) is 11.0. The van der Waals surface area contributed by atoms with Gasteiger partial charge in [-0.3, -0.25) is 9.59 Å². The maximum Gasteiger partial charge on any atom is 0.308 e. The third-order valence-corrected chi connectivity index (χ3v) is 1.87. The SMILES string of the molecule is CCCCNCC(CC(=O)O)C(=O)O. The van der Waals surface area contributed by atoms with Crippen LogP contribution in [-0.4, -0.2) is 35.2 Å². The van der Waals surface area contributed by atoms with Crippen molar-refractivity contribution < 1.29 is 19.8 Å². The molecule has 5 heteroatoms. The summed E-state index contributed by atoms with van der Waals surface area (Å²) in [5.74, 6) is -2.96. The smallest absolute Gasteiger partial charge is 0.308 e. The van der Waals surface area contributed by atoms with Crippen molar-refractivity contribution in [3.63, 3.8) is 0 Å². The lowest BCUT2D eigenvalue weighted by Gasteiger charge is -2.10. The minimum Gasteiger partial charge on any atom is -0.481 e. The van der Waals surface area contributed by atoms with Gasteiger partial charge in [0.05, 0.1) is 12.3 Å². The van der Waals surface area contributed by atoms with Crippen LogP contribution in [0.5, 0.6) is 0 Å². The van der Waals surface area contributed by atoms with Crippen LogP contribution >= 0.6 is 0 Å². The van der Waals surface area contributed by atoms with E-state index in [2.05, 4.69) is 5.32 Å². The Morgan fingerprint density at radius 2 is 2.00 bits per heavy atom. The van der Waals surface area contributed by atoms with Crippen LogP contribution < -0.4 is 5.32 Å². The molecule has 0 radical (unpaired) electrons. The number of unbranched alkanes of at least 4 members (excludes halogenated alkanes) is 1. The van der Waals surface area contributed by atoms with Crippen molar-refractivity contribution in [2.24, 2.45) is 5.92 Å². The zero-order valence-electron chi connectivity index (χ0n) is 8.32. The Bertz CT molecular complexity index is 193. The lowest BCUT2D eigenvalue weighted by Crippen LogP contribution is -2.30. The van der Waals surface area contributed by atoms with Crippen LogP contribution in [0.25, 0.3) is 0 Å². The van der Waals surface area contributed by atoms with E-state index in [1.807, 2.05) is 6.92 Å². The summed E-state index contributed by atoms with van der Waals surface area (Å²) in [6.07, 6.45) is 1.68. The minimum atomic E-state index is -1.07. The summed E-state index contributed by atoms with van der Waals surface area (Å²) in [4.78, 5) is 20.9. The molecule has 0 heterocycles. The molecule has 1 atom stereocenters. The number of nitrogens with one attached hydrogen (secondary N) is 1. The number of rotatable bonds is 8. The van der Waals surface area contributed by atoms with E-state index in [9.17, 15) is 9.59 Å². The Kier molecular flexibility index (Phi) is 6.74. The molecule has 0 spiro atoms. The highest BCUT2D eigenvalue weighted by Gasteiger charge is 2.19. The molecule has 0 amide bonds. The fourth-order valence-corrected chi connectivity index (χ4v) is 1.04. The first-order valence-corrected chi connectivity index (χ1v) is 4.73. The largest absolute Gasteiger partial charge is 0.481 e. The molecule has 5 nitrogen and oxygen atoms in total. The lowest BCUT2D eigenvalue weighted by molar-refractivity contribution is -0.148. The molecule has 0 aromatic carbocycles. The highest BCUT2D eigenvalue weighted by atomic mass is 16.4. The van der Waals surface area contributed by atoms with Gasteiger partial charge in [-0.25, -0.2) is 0 Å². The quantitative estimate of drug-likeness (QED) is 0.501. The molecule has 0 bridgehead atoms. The second-order valence-corrected chi connectivity index (χ2v) is 3.19. The molecule has 0 aromatic rings. The maximum absolute atomic E-state index is 10.6. The molecule has 0 rings (SSSR count). The number of hydrogen-bond donors (Lipinski definition) is 3. The van der Waals surface area contributed by atoms with E-state index in [0.29, 0.717) is 0 Å². The van der Waals surface area contributed by atoms with Crippen LogP contribution in [-0.2, 0) is 9.59 Å². The highest BCUT2D eigenvalue weighted by molar-refractivity contribution is 5.77. The molecular formula is C9H17NO4. The molecule has 0 aliphatic heterocycles. The topological polar surface area (TPSA) is 86.6 Å². The van der Waals surface area contributed by atoms with Crippen LogP contribution in [0.2, 0.25) is 0 Å². The predicted molar refractivity (Wildman–Crippen MR) is 51.2 cm³/mol. The van der Waals surface area contributed by atoms with Gasteiger partial charge >= 0.3 is 11.9 Å². The Morgan fingerprint density at radius 3 is 2.43 bits per heavy atom. The summed E-state index contributed by atoms with van der Waals surface area (Å²) in [5, 5.41) is 20.0. The van der Waals surface area contributed by atoms with Crippen molar-refractivity contribution in [2.45, 2.75) is 26.2 Å². The summed E-state index contributed by atoms with van der Waals surface area (Å²) < 4.78 is 0. The highest BCUT2D eigenvalue weighted by Crippen LogP contribution is 2.01. The van der Waals surface area contributed by atoms with E-state index < -0.39 is 17.9 Å². The zero-order valence-corrected chi connectivity index (χ0v) is 8.32. The molecular weight excluding hydrogens is 186 g/mol. The van der Waals surface area contributed by atoms with Gasteiger partial charge in [-0.2, -0.15) is 0 Å². The number of hydrogen-bond acceptors (Lipinski definition) is 3. The van der Waals surface area contributed by atoms with Crippen LogP contribution in [0.4, 0.5) is 0 Å². The average molecular weight is 203 g/mol. The summed E-state index contributed by atoms with van der Waals surface area (Å²) in [5.41, 5.74) is 0. The first-order chi connectivity index (χ1) is 6.57. The summed E-state index contributed by atoms with van der Waals surface area (Å²) in [6.45, 7) is 3.00. The van der Waals surface area contributed by atoms with Crippen molar-refractivity contribution in [3.05, 3.63) is 0 Å². The van der Waals surface area contributed by atoms with Gasteiger partial charge < -0.3 is 15.5 Å². The molecule has 14 heavy (non-hydrogen) atoms. The van der Waals surface area contributed by atoms with E-state index in [1.54, 1.807) is 0 Å². The van der Waals surface area contributed by atoms with E-state index >= 15 is 0 Å². The van der Waals surface area contributed by atoms with Crippen molar-refractivity contribution in [2.75, 3.05) is 13.1 Å². The number of aliphatic carboxylic acids is 2. The Labute approximate surface area is 83.1 Å². The van der Waals surface area contributed by atoms with Crippen LogP contribution in [0, 0.1) is 5.92 Å². The van der Waals surface area contributed by atoms with Gasteiger partial charge in [-0.15, -0.1) is 0 Å². The number of carboxylic acid groups (broad SMARTS) is 2. The second kappa shape index (κ2) is 7.32. The second-order valence-electron chi connectivity index (χ2n) is 3.19. The molecule has 82 valence electrons. The van der Waals surface area contributed by atoms with E-state index in [-0.39, 0.29) is 13.0 Å². The van der Waals surface area contributed by atoms with Gasteiger partial charge in [0.1, 0.15) is 0 Å². The molecule has 0 fully saturated rings. The monoisotopic (exact) mass is 203 g/mol. The Hall–Kier alpha value is -1.10.